The van der Waals surface area contributed by atoms with E-state index >= 15 is 0 Å². The van der Waals surface area contributed by atoms with E-state index in [-0.39, 0.29) is 28.9 Å². The Kier molecular flexibility index (Phi) is 9.31. The second-order valence-electron chi connectivity index (χ2n) is 11.3. The number of nitrogens with one attached hydrogen (secondary N) is 5. The summed E-state index contributed by atoms with van der Waals surface area (Å²) < 4.78 is 20.5. The average molecular weight is 606 g/mol. The van der Waals surface area contributed by atoms with Crippen LogP contribution < -0.4 is 41.8 Å². The molecule has 7 N–H and O–H groups in total. The fourth-order valence-electron chi connectivity index (χ4n) is 4.60. The Labute approximate surface area is 254 Å². The number of methoxy groups -OCH3 is 1. The summed E-state index contributed by atoms with van der Waals surface area (Å²) in [6, 6.07) is 18.3. The highest BCUT2D eigenvalue weighted by Crippen LogP contribution is 2.39. The molecule has 43 heavy (non-hydrogen) atoms. The molecule has 4 rings (SSSR count). The Morgan fingerprint density at radius 3 is 2.33 bits per heavy atom. The van der Waals surface area contributed by atoms with Crippen molar-refractivity contribution in [3.63, 3.8) is 0 Å². The van der Waals surface area contributed by atoms with Gasteiger partial charge in [-0.15, -0.1) is 5.53 Å². The van der Waals surface area contributed by atoms with E-state index in [2.05, 4.69) is 26.3 Å². The number of carbonyl (C=O) groups is 2. The molecule has 0 bridgehead atoms. The smallest absolute Gasteiger partial charge is 0.273 e. The van der Waals surface area contributed by atoms with Gasteiger partial charge in [0.25, 0.3) is 11.8 Å². The van der Waals surface area contributed by atoms with Gasteiger partial charge >= 0.3 is 0 Å². The zero-order valence-electron chi connectivity index (χ0n) is 25.4. The molecule has 3 aromatic carbocycles. The van der Waals surface area contributed by atoms with Gasteiger partial charge in [-0.1, -0.05) is 57.2 Å². The summed E-state index contributed by atoms with van der Waals surface area (Å²) in [6.45, 7) is 9.91. The molecule has 1 heterocycles. The second-order valence-corrected chi connectivity index (χ2v) is 12.4. The molecule has 0 radical (unpaired) electrons. The topological polar surface area (TPSA) is 150 Å². The number of aryl methyl sites for hydroxylation is 1. The van der Waals surface area contributed by atoms with Crippen molar-refractivity contribution < 1.29 is 18.5 Å². The third kappa shape index (κ3) is 7.09. The van der Waals surface area contributed by atoms with E-state index in [0.29, 0.717) is 28.4 Å². The number of carbonyl (C=O) groups excluding carboxylic acids is 2. The maximum Gasteiger partial charge on any atom is 0.273 e. The molecule has 1 aliphatic heterocycles. The van der Waals surface area contributed by atoms with Gasteiger partial charge in [0, 0.05) is 11.8 Å². The molecular formula is C31H39N7O4S. The van der Waals surface area contributed by atoms with Crippen LogP contribution in [0.3, 0.4) is 0 Å². The average Bonchev–Trinajstić information content (AvgIpc) is 3.33. The molecule has 0 saturated carbocycles. The minimum absolute atomic E-state index is 0.154. The zero-order valence-corrected chi connectivity index (χ0v) is 26.2. The lowest BCUT2D eigenvalue weighted by Crippen LogP contribution is -2.41. The standard InChI is InChI=1S/C31H39N7O4S/c1-18-13-14-21(29(39)34-23-16-22(31(3,4)5)17-24(27(23)42-6)36-43(7)41)15-25(18)38-28(32)26(35-37-38)30(40)33-19(2)20-11-9-8-10-12-20/h8-17,19,35-37H,32H2,1-7H3,(H,33,40)(H,34,39)/t19-,43?/m1/s1. The van der Waals surface area contributed by atoms with Gasteiger partial charge in [-0.05, 0) is 60.2 Å². The van der Waals surface area contributed by atoms with Crippen LogP contribution in [0.1, 0.15) is 60.8 Å². The highest BCUT2D eigenvalue weighted by molar-refractivity contribution is 7.85. The number of anilines is 3. The van der Waals surface area contributed by atoms with Crippen molar-refractivity contribution >= 4 is 39.9 Å². The number of amides is 2. The lowest BCUT2D eigenvalue weighted by atomic mass is 9.86. The molecule has 2 atom stereocenters. The summed E-state index contributed by atoms with van der Waals surface area (Å²) in [7, 11) is 0.134. The molecule has 12 heteroatoms. The summed E-state index contributed by atoms with van der Waals surface area (Å²) in [4.78, 5) is 26.6. The van der Waals surface area contributed by atoms with Crippen LogP contribution in [0.25, 0.3) is 0 Å². The summed E-state index contributed by atoms with van der Waals surface area (Å²) in [5, 5.41) is 7.42. The van der Waals surface area contributed by atoms with Crippen LogP contribution >= 0.6 is 0 Å². The third-order valence-corrected chi connectivity index (χ3v) is 7.54. The van der Waals surface area contributed by atoms with E-state index in [0.717, 1.165) is 16.7 Å². The van der Waals surface area contributed by atoms with Crippen molar-refractivity contribution in [2.75, 3.05) is 28.4 Å². The van der Waals surface area contributed by atoms with Crippen LogP contribution in [-0.4, -0.2) is 29.4 Å². The summed E-state index contributed by atoms with van der Waals surface area (Å²) >= 11 is 0. The number of nitrogens with two attached hydrogens (primary N) is 1. The Hall–Kier alpha value is -4.55. The van der Waals surface area contributed by atoms with E-state index in [1.54, 1.807) is 18.2 Å². The van der Waals surface area contributed by atoms with Crippen molar-refractivity contribution in [1.29, 1.82) is 0 Å². The number of hydrazine groups is 2. The van der Waals surface area contributed by atoms with E-state index < -0.39 is 16.9 Å². The van der Waals surface area contributed by atoms with Crippen molar-refractivity contribution in [2.24, 2.45) is 5.73 Å². The minimum Gasteiger partial charge on any atom is -0.492 e. The maximum atomic E-state index is 13.6. The SMILES string of the molecule is COc1c(NC(=O)c2ccc(C)c(N3NNC(C(=O)N[C@H](C)c4ccccc4)=C3N)c2)cc(C(C)(C)C)cc1NS(C)=O. The minimum atomic E-state index is -1.36. The molecule has 0 aliphatic carbocycles. The van der Waals surface area contributed by atoms with Gasteiger partial charge in [0.15, 0.2) is 17.3 Å². The highest BCUT2D eigenvalue weighted by Gasteiger charge is 2.29. The van der Waals surface area contributed by atoms with Crippen molar-refractivity contribution in [3.05, 3.63) is 94.4 Å². The Bertz CT molecular complexity index is 1580. The predicted molar refractivity (Wildman–Crippen MR) is 171 cm³/mol. The zero-order chi connectivity index (χ0) is 31.5. The molecule has 2 amide bonds. The third-order valence-electron chi connectivity index (χ3n) is 7.04. The van der Waals surface area contributed by atoms with Gasteiger partial charge in [-0.25, -0.2) is 9.22 Å². The maximum absolute atomic E-state index is 13.6. The molecule has 1 aliphatic rings. The monoisotopic (exact) mass is 605 g/mol. The molecule has 0 saturated heterocycles. The summed E-state index contributed by atoms with van der Waals surface area (Å²) in [5.41, 5.74) is 16.7. The van der Waals surface area contributed by atoms with Gasteiger partial charge in [0.2, 0.25) is 0 Å². The Morgan fingerprint density at radius 1 is 1.02 bits per heavy atom. The van der Waals surface area contributed by atoms with Crippen LogP contribution in [0.15, 0.2) is 72.2 Å². The van der Waals surface area contributed by atoms with Crippen LogP contribution in [-0.2, 0) is 21.2 Å². The summed E-state index contributed by atoms with van der Waals surface area (Å²) in [6.07, 6.45) is 1.52. The molecular weight excluding hydrogens is 566 g/mol. The van der Waals surface area contributed by atoms with Gasteiger partial charge < -0.3 is 25.8 Å². The van der Waals surface area contributed by atoms with E-state index in [1.807, 2.05) is 77.1 Å². The molecule has 0 spiro atoms. The lowest BCUT2D eigenvalue weighted by molar-refractivity contribution is -0.118. The fraction of sp³-hybridized carbons (Fsp3) is 0.290. The number of hydrogen-bond acceptors (Lipinski definition) is 8. The fourth-order valence-corrected chi connectivity index (χ4v) is 5.06. The van der Waals surface area contributed by atoms with E-state index in [9.17, 15) is 13.8 Å². The quantitative estimate of drug-likeness (QED) is 0.214. The molecule has 1 unspecified atom stereocenters. The largest absolute Gasteiger partial charge is 0.492 e. The van der Waals surface area contributed by atoms with Gasteiger partial charge in [-0.2, -0.15) is 0 Å². The van der Waals surface area contributed by atoms with Gasteiger partial charge in [-0.3, -0.25) is 15.0 Å². The van der Waals surface area contributed by atoms with Crippen LogP contribution in [0, 0.1) is 6.92 Å². The number of ether oxygens (including phenoxy) is 1. The first-order valence-electron chi connectivity index (χ1n) is 13.7. The van der Waals surface area contributed by atoms with Crippen LogP contribution in [0.2, 0.25) is 0 Å². The molecule has 11 nitrogen and oxygen atoms in total. The number of rotatable bonds is 9. The van der Waals surface area contributed by atoms with Crippen molar-refractivity contribution in [3.8, 4) is 5.75 Å². The Balaban J connectivity index is 1.60. The highest BCUT2D eigenvalue weighted by atomic mass is 32.2. The first-order chi connectivity index (χ1) is 20.3. The van der Waals surface area contributed by atoms with E-state index in [1.165, 1.54) is 18.4 Å². The predicted octanol–water partition coefficient (Wildman–Crippen LogP) is 4.09. The van der Waals surface area contributed by atoms with Crippen molar-refractivity contribution in [2.45, 2.75) is 46.1 Å². The van der Waals surface area contributed by atoms with Crippen molar-refractivity contribution in [1.82, 2.24) is 16.3 Å². The first-order valence-corrected chi connectivity index (χ1v) is 15.3. The van der Waals surface area contributed by atoms with Gasteiger partial charge in [0.05, 0.1) is 30.2 Å². The summed E-state index contributed by atoms with van der Waals surface area (Å²) in [5.74, 6) is -0.250. The Morgan fingerprint density at radius 2 is 1.70 bits per heavy atom. The second kappa shape index (κ2) is 12.8. The number of nitrogens with zero attached hydrogens (tertiary/aromatic N) is 1. The van der Waals surface area contributed by atoms with Gasteiger partial charge in [0.1, 0.15) is 11.0 Å². The van der Waals surface area contributed by atoms with E-state index in [4.69, 9.17) is 10.5 Å². The molecule has 3 aromatic rings. The molecule has 228 valence electrons. The normalized spacial score (nSPS) is 14.5. The molecule has 0 fully saturated rings. The lowest BCUT2D eigenvalue weighted by Gasteiger charge is -2.24. The first kappa shape index (κ1) is 31.4. The van der Waals surface area contributed by atoms with Crippen LogP contribution in [0.4, 0.5) is 17.1 Å². The molecule has 0 aromatic heterocycles. The number of hydrogen-bond donors (Lipinski definition) is 6. The number of benzene rings is 3. The van der Waals surface area contributed by atoms with Crippen LogP contribution in [0.5, 0.6) is 5.75 Å².